The van der Waals surface area contributed by atoms with Crippen LogP contribution in [0.15, 0.2) is 28.7 Å². The van der Waals surface area contributed by atoms with E-state index in [0.717, 1.165) is 11.1 Å². The number of benzene rings is 1. The van der Waals surface area contributed by atoms with Crippen LogP contribution in [0.2, 0.25) is 5.02 Å². The molecule has 0 spiro atoms. The summed E-state index contributed by atoms with van der Waals surface area (Å²) in [5, 5.41) is 12.7. The van der Waals surface area contributed by atoms with E-state index < -0.39 is 5.97 Å². The minimum atomic E-state index is -1.07. The van der Waals surface area contributed by atoms with Crippen LogP contribution in [0.5, 0.6) is 5.75 Å². The SMILES string of the molecule is COc1cccc(Cl)c1CNCc1cc(C(=O)O)oc1C. The molecule has 0 atom stereocenters. The molecule has 1 aromatic heterocycles. The van der Waals surface area contributed by atoms with Crippen molar-refractivity contribution in [2.45, 2.75) is 20.0 Å². The molecule has 0 bridgehead atoms. The van der Waals surface area contributed by atoms with Gasteiger partial charge in [0.1, 0.15) is 11.5 Å². The number of carbonyl (C=O) groups is 1. The molecule has 2 aromatic rings. The molecule has 0 fully saturated rings. The third-order valence-corrected chi connectivity index (χ3v) is 3.50. The summed E-state index contributed by atoms with van der Waals surface area (Å²) in [5.74, 6) is 0.174. The Hall–Kier alpha value is -1.98. The molecule has 0 radical (unpaired) electrons. The number of halogens is 1. The quantitative estimate of drug-likeness (QED) is 0.857. The fourth-order valence-corrected chi connectivity index (χ4v) is 2.26. The summed E-state index contributed by atoms with van der Waals surface area (Å²) in [6.07, 6.45) is 0. The van der Waals surface area contributed by atoms with E-state index in [4.69, 9.17) is 25.9 Å². The number of nitrogens with one attached hydrogen (secondary N) is 1. The Kier molecular flexibility index (Phi) is 4.88. The number of methoxy groups -OCH3 is 1. The van der Waals surface area contributed by atoms with E-state index >= 15 is 0 Å². The van der Waals surface area contributed by atoms with E-state index in [0.29, 0.717) is 29.6 Å². The lowest BCUT2D eigenvalue weighted by atomic mass is 10.2. The summed E-state index contributed by atoms with van der Waals surface area (Å²) in [5.41, 5.74) is 1.67. The van der Waals surface area contributed by atoms with Gasteiger partial charge in [0.25, 0.3) is 0 Å². The van der Waals surface area contributed by atoms with E-state index in [1.807, 2.05) is 12.1 Å². The number of furan rings is 1. The molecule has 2 N–H and O–H groups in total. The van der Waals surface area contributed by atoms with Gasteiger partial charge in [-0.3, -0.25) is 0 Å². The van der Waals surface area contributed by atoms with Crippen molar-refractivity contribution in [3.63, 3.8) is 0 Å². The van der Waals surface area contributed by atoms with Gasteiger partial charge in [0, 0.05) is 29.2 Å². The Morgan fingerprint density at radius 2 is 2.19 bits per heavy atom. The molecular formula is C15H16ClNO4. The first-order valence-corrected chi connectivity index (χ1v) is 6.75. The van der Waals surface area contributed by atoms with E-state index in [9.17, 15) is 4.79 Å². The molecule has 1 aromatic carbocycles. The average molecular weight is 310 g/mol. The van der Waals surface area contributed by atoms with Crippen LogP contribution in [0.4, 0.5) is 0 Å². The fourth-order valence-electron chi connectivity index (χ4n) is 2.02. The van der Waals surface area contributed by atoms with Crippen LogP contribution in [-0.4, -0.2) is 18.2 Å². The van der Waals surface area contributed by atoms with Gasteiger partial charge in [-0.2, -0.15) is 0 Å². The van der Waals surface area contributed by atoms with Crippen LogP contribution in [0, 0.1) is 6.92 Å². The molecule has 0 unspecified atom stereocenters. The molecule has 0 aliphatic heterocycles. The van der Waals surface area contributed by atoms with E-state index in [1.165, 1.54) is 6.07 Å². The Bertz CT molecular complexity index is 651. The lowest BCUT2D eigenvalue weighted by molar-refractivity contribution is 0.0661. The number of hydrogen-bond donors (Lipinski definition) is 2. The molecule has 0 saturated heterocycles. The number of carboxylic acids is 1. The first-order chi connectivity index (χ1) is 10.0. The zero-order valence-corrected chi connectivity index (χ0v) is 12.5. The highest BCUT2D eigenvalue weighted by molar-refractivity contribution is 6.31. The van der Waals surface area contributed by atoms with Gasteiger partial charge >= 0.3 is 5.97 Å². The highest BCUT2D eigenvalue weighted by Gasteiger charge is 2.13. The number of hydrogen-bond acceptors (Lipinski definition) is 4. The first-order valence-electron chi connectivity index (χ1n) is 6.37. The van der Waals surface area contributed by atoms with E-state index in [2.05, 4.69) is 5.32 Å². The first kappa shape index (κ1) is 15.4. The third-order valence-electron chi connectivity index (χ3n) is 3.14. The van der Waals surface area contributed by atoms with Gasteiger partial charge in [-0.15, -0.1) is 0 Å². The molecule has 0 amide bonds. The standard InChI is InChI=1S/C15H16ClNO4/c1-9-10(6-14(21-9)15(18)19)7-17-8-11-12(16)4-3-5-13(11)20-2/h3-6,17H,7-8H2,1-2H3,(H,18,19). The summed E-state index contributed by atoms with van der Waals surface area (Å²) in [6, 6.07) is 6.99. The topological polar surface area (TPSA) is 71.7 Å². The summed E-state index contributed by atoms with van der Waals surface area (Å²) in [7, 11) is 1.59. The molecule has 0 saturated carbocycles. The Labute approximate surface area is 127 Å². The Morgan fingerprint density at radius 1 is 1.43 bits per heavy atom. The largest absolute Gasteiger partial charge is 0.496 e. The Morgan fingerprint density at radius 3 is 2.81 bits per heavy atom. The van der Waals surface area contributed by atoms with Crippen molar-refractivity contribution in [1.82, 2.24) is 5.32 Å². The molecule has 6 heteroatoms. The second kappa shape index (κ2) is 6.65. The van der Waals surface area contributed by atoms with Gasteiger partial charge < -0.3 is 19.6 Å². The summed E-state index contributed by atoms with van der Waals surface area (Å²) in [4.78, 5) is 10.8. The minimum Gasteiger partial charge on any atom is -0.496 e. The van der Waals surface area contributed by atoms with Crippen molar-refractivity contribution >= 4 is 17.6 Å². The van der Waals surface area contributed by atoms with Crippen molar-refractivity contribution in [2.75, 3.05) is 7.11 Å². The summed E-state index contributed by atoms with van der Waals surface area (Å²) >= 11 is 6.15. The van der Waals surface area contributed by atoms with Crippen LogP contribution in [0.1, 0.15) is 27.4 Å². The highest BCUT2D eigenvalue weighted by atomic mass is 35.5. The van der Waals surface area contributed by atoms with Gasteiger partial charge in [0.2, 0.25) is 5.76 Å². The molecule has 0 aliphatic carbocycles. The normalized spacial score (nSPS) is 10.6. The monoisotopic (exact) mass is 309 g/mol. The van der Waals surface area contributed by atoms with Gasteiger partial charge in [0.15, 0.2) is 0 Å². The van der Waals surface area contributed by atoms with Crippen molar-refractivity contribution in [2.24, 2.45) is 0 Å². The maximum absolute atomic E-state index is 10.8. The highest BCUT2D eigenvalue weighted by Crippen LogP contribution is 2.26. The maximum atomic E-state index is 10.8. The number of aryl methyl sites for hydroxylation is 1. The fraction of sp³-hybridized carbons (Fsp3) is 0.267. The smallest absolute Gasteiger partial charge is 0.371 e. The predicted octanol–water partition coefficient (Wildman–Crippen LogP) is 3.24. The number of aromatic carboxylic acids is 1. The second-order valence-electron chi connectivity index (χ2n) is 4.52. The molecule has 0 aliphatic rings. The van der Waals surface area contributed by atoms with Crippen LogP contribution < -0.4 is 10.1 Å². The van der Waals surface area contributed by atoms with Crippen LogP contribution in [0.25, 0.3) is 0 Å². The van der Waals surface area contributed by atoms with Crippen LogP contribution >= 0.6 is 11.6 Å². The van der Waals surface area contributed by atoms with Crippen molar-refractivity contribution in [3.05, 3.63) is 51.9 Å². The van der Waals surface area contributed by atoms with E-state index in [1.54, 1.807) is 20.1 Å². The second-order valence-corrected chi connectivity index (χ2v) is 4.93. The van der Waals surface area contributed by atoms with Crippen molar-refractivity contribution < 1.29 is 19.1 Å². The Balaban J connectivity index is 2.04. The van der Waals surface area contributed by atoms with Gasteiger partial charge in [0.05, 0.1) is 7.11 Å². The maximum Gasteiger partial charge on any atom is 0.371 e. The molecule has 21 heavy (non-hydrogen) atoms. The third kappa shape index (κ3) is 3.56. The minimum absolute atomic E-state index is 0.0559. The zero-order chi connectivity index (χ0) is 15.4. The lowest BCUT2D eigenvalue weighted by Gasteiger charge is -2.11. The lowest BCUT2D eigenvalue weighted by Crippen LogP contribution is -2.14. The summed E-state index contributed by atoms with van der Waals surface area (Å²) < 4.78 is 10.4. The molecule has 112 valence electrons. The van der Waals surface area contributed by atoms with Crippen LogP contribution in [0.3, 0.4) is 0 Å². The molecular weight excluding hydrogens is 294 g/mol. The average Bonchev–Trinajstić information content (AvgIpc) is 2.82. The van der Waals surface area contributed by atoms with Crippen LogP contribution in [-0.2, 0) is 13.1 Å². The number of carboxylic acid groups (broad SMARTS) is 1. The predicted molar refractivity (Wildman–Crippen MR) is 79.0 cm³/mol. The van der Waals surface area contributed by atoms with Gasteiger partial charge in [-0.05, 0) is 25.1 Å². The zero-order valence-electron chi connectivity index (χ0n) is 11.8. The van der Waals surface area contributed by atoms with Crippen molar-refractivity contribution in [3.8, 4) is 5.75 Å². The number of ether oxygens (including phenoxy) is 1. The van der Waals surface area contributed by atoms with Crippen molar-refractivity contribution in [1.29, 1.82) is 0 Å². The molecule has 5 nitrogen and oxygen atoms in total. The molecule has 2 rings (SSSR count). The van der Waals surface area contributed by atoms with Gasteiger partial charge in [-0.25, -0.2) is 4.79 Å². The summed E-state index contributed by atoms with van der Waals surface area (Å²) in [6.45, 7) is 2.73. The van der Waals surface area contributed by atoms with Gasteiger partial charge in [-0.1, -0.05) is 17.7 Å². The molecule has 1 heterocycles. The van der Waals surface area contributed by atoms with E-state index in [-0.39, 0.29) is 5.76 Å². The number of rotatable bonds is 6.